The Morgan fingerprint density at radius 2 is 1.74 bits per heavy atom. The van der Waals surface area contributed by atoms with Gasteiger partial charge >= 0.3 is 12.1 Å². The number of ether oxygens (including phenoxy) is 2. The van der Waals surface area contributed by atoms with E-state index in [0.29, 0.717) is 42.1 Å². The molecule has 1 aromatic carbocycles. The van der Waals surface area contributed by atoms with Gasteiger partial charge in [-0.3, -0.25) is 0 Å². The summed E-state index contributed by atoms with van der Waals surface area (Å²) in [7, 11) is 0. The minimum Gasteiger partial charge on any atom is -0.490 e. The molecule has 2 saturated heterocycles. The van der Waals surface area contributed by atoms with E-state index in [2.05, 4.69) is 30.3 Å². The number of anilines is 2. The second-order valence-electron chi connectivity index (χ2n) is 11.9. The summed E-state index contributed by atoms with van der Waals surface area (Å²) in [5.74, 6) is -2.21. The first-order valence-electron chi connectivity index (χ1n) is 14.4. The van der Waals surface area contributed by atoms with Crippen molar-refractivity contribution in [3.8, 4) is 5.75 Å². The first kappa shape index (κ1) is 30.4. The van der Waals surface area contributed by atoms with Crippen LogP contribution in [0.2, 0.25) is 0 Å². The van der Waals surface area contributed by atoms with Crippen LogP contribution in [0.3, 0.4) is 0 Å². The lowest BCUT2D eigenvalue weighted by Gasteiger charge is -2.30. The van der Waals surface area contributed by atoms with E-state index in [1.54, 1.807) is 38.1 Å². The summed E-state index contributed by atoms with van der Waals surface area (Å²) in [5, 5.41) is 6.71. The van der Waals surface area contributed by atoms with Crippen LogP contribution in [0, 0.1) is 23.4 Å². The lowest BCUT2D eigenvalue weighted by atomic mass is 9.93. The molecule has 232 valence electrons. The van der Waals surface area contributed by atoms with Crippen LogP contribution < -0.4 is 19.9 Å². The quantitative estimate of drug-likeness (QED) is 0.365. The molecular weight excluding hydrogens is 567 g/mol. The minimum absolute atomic E-state index is 0.0571. The normalized spacial score (nSPS) is 19.5. The van der Waals surface area contributed by atoms with E-state index in [0.717, 1.165) is 38.4 Å². The summed E-state index contributed by atoms with van der Waals surface area (Å²) in [6.45, 7) is 9.58. The lowest BCUT2D eigenvalue weighted by Crippen LogP contribution is -2.43. The Morgan fingerprint density at radius 1 is 1.05 bits per heavy atom. The summed E-state index contributed by atoms with van der Waals surface area (Å²) in [6, 6.07) is 1.22. The number of rotatable bonds is 8. The predicted molar refractivity (Wildman–Crippen MR) is 151 cm³/mol. The topological polar surface area (TPSA) is 119 Å². The van der Waals surface area contributed by atoms with Gasteiger partial charge in [-0.2, -0.15) is 4.98 Å². The fourth-order valence-electron chi connectivity index (χ4n) is 5.28. The zero-order chi connectivity index (χ0) is 30.7. The van der Waals surface area contributed by atoms with E-state index in [1.807, 2.05) is 6.92 Å². The van der Waals surface area contributed by atoms with Crippen LogP contribution in [0.1, 0.15) is 57.8 Å². The van der Waals surface area contributed by atoms with Gasteiger partial charge in [0.05, 0.1) is 25.0 Å². The average molecular weight is 604 g/mol. The summed E-state index contributed by atoms with van der Waals surface area (Å²) in [6.07, 6.45) is 4.96. The van der Waals surface area contributed by atoms with E-state index in [-0.39, 0.29) is 18.7 Å². The number of carbonyl (C=O) groups excluding carboxylic acids is 1. The molecule has 43 heavy (non-hydrogen) atoms. The number of amides is 1. The molecule has 5 rings (SSSR count). The molecular formula is C29H36F3N7O4. The Labute approximate surface area is 247 Å². The molecule has 2 unspecified atom stereocenters. The number of nitrogens with one attached hydrogen (secondary N) is 1. The molecule has 0 spiro atoms. The fraction of sp³-hybridized carbons (Fsp3) is 0.552. The standard InChI is InChI=1S/C29H36F3N7O4/c1-5-25-36-27(43-37-25)38-8-6-17(7-9-38)16-41-18-12-33-26(34-13-18)39-14-20(19-10-22(31)23(32)11-21(19)30)24(15-39)35-28(40)42-29(2,3)4/h10-13,17,20,24H,5-9,14-16H2,1-4H3,(H,35,40). The van der Waals surface area contributed by atoms with Gasteiger partial charge < -0.3 is 29.1 Å². The summed E-state index contributed by atoms with van der Waals surface area (Å²) in [5.41, 5.74) is -0.813. The van der Waals surface area contributed by atoms with Crippen molar-refractivity contribution in [1.29, 1.82) is 0 Å². The Balaban J connectivity index is 1.20. The van der Waals surface area contributed by atoms with Crippen LogP contribution in [-0.4, -0.2) is 70.6 Å². The number of nitrogens with zero attached hydrogens (tertiary/aromatic N) is 6. The van der Waals surface area contributed by atoms with Gasteiger partial charge in [-0.1, -0.05) is 12.1 Å². The number of halogens is 3. The fourth-order valence-corrected chi connectivity index (χ4v) is 5.28. The second kappa shape index (κ2) is 12.6. The third-order valence-corrected chi connectivity index (χ3v) is 7.50. The molecule has 4 heterocycles. The van der Waals surface area contributed by atoms with Crippen molar-refractivity contribution in [3.63, 3.8) is 0 Å². The Bertz CT molecular complexity index is 1410. The monoisotopic (exact) mass is 603 g/mol. The van der Waals surface area contributed by atoms with Gasteiger partial charge in [0.1, 0.15) is 11.4 Å². The van der Waals surface area contributed by atoms with Gasteiger partial charge in [-0.25, -0.2) is 27.9 Å². The highest BCUT2D eigenvalue weighted by Gasteiger charge is 2.39. The van der Waals surface area contributed by atoms with Crippen molar-refractivity contribution in [3.05, 3.63) is 53.4 Å². The first-order chi connectivity index (χ1) is 20.5. The molecule has 0 aliphatic carbocycles. The SMILES string of the molecule is CCc1noc(N2CCC(COc3cnc(N4CC(NC(=O)OC(C)(C)C)C(c5cc(F)c(F)cc5F)C4)nc3)CC2)n1. The number of aryl methyl sites for hydroxylation is 1. The van der Waals surface area contributed by atoms with Crippen molar-refractivity contribution < 1.29 is 32.0 Å². The molecule has 11 nitrogen and oxygen atoms in total. The molecule has 1 amide bonds. The first-order valence-corrected chi connectivity index (χ1v) is 14.4. The van der Waals surface area contributed by atoms with Crippen molar-refractivity contribution in [2.45, 2.75) is 64.5 Å². The maximum absolute atomic E-state index is 14.8. The number of alkyl carbamates (subject to hydrolysis) is 1. The average Bonchev–Trinajstić information content (AvgIpc) is 3.61. The van der Waals surface area contributed by atoms with Gasteiger partial charge in [-0.05, 0) is 51.2 Å². The maximum atomic E-state index is 14.8. The second-order valence-corrected chi connectivity index (χ2v) is 11.9. The largest absolute Gasteiger partial charge is 0.490 e. The molecule has 2 aliphatic rings. The molecule has 0 saturated carbocycles. The van der Waals surface area contributed by atoms with E-state index in [4.69, 9.17) is 14.0 Å². The summed E-state index contributed by atoms with van der Waals surface area (Å²) < 4.78 is 59.2. The summed E-state index contributed by atoms with van der Waals surface area (Å²) in [4.78, 5) is 29.6. The number of carbonyl (C=O) groups is 1. The minimum atomic E-state index is -1.28. The lowest BCUT2D eigenvalue weighted by molar-refractivity contribution is 0.0504. The third kappa shape index (κ3) is 7.46. The van der Waals surface area contributed by atoms with Crippen molar-refractivity contribution in [2.24, 2.45) is 5.92 Å². The third-order valence-electron chi connectivity index (χ3n) is 7.50. The van der Waals surface area contributed by atoms with Gasteiger partial charge in [0, 0.05) is 44.6 Å². The van der Waals surface area contributed by atoms with E-state index in [1.165, 1.54) is 0 Å². The predicted octanol–water partition coefficient (Wildman–Crippen LogP) is 4.63. The van der Waals surface area contributed by atoms with E-state index >= 15 is 0 Å². The van der Waals surface area contributed by atoms with Crippen LogP contribution in [-0.2, 0) is 11.2 Å². The molecule has 2 aromatic heterocycles. The number of benzene rings is 1. The highest BCUT2D eigenvalue weighted by molar-refractivity contribution is 5.68. The van der Waals surface area contributed by atoms with Crippen LogP contribution in [0.25, 0.3) is 0 Å². The molecule has 3 aromatic rings. The van der Waals surface area contributed by atoms with E-state index < -0.39 is 41.1 Å². The van der Waals surface area contributed by atoms with Gasteiger partial charge in [-0.15, -0.1) is 0 Å². The number of aromatic nitrogens is 4. The van der Waals surface area contributed by atoms with Crippen molar-refractivity contribution in [1.82, 2.24) is 25.4 Å². The van der Waals surface area contributed by atoms with E-state index in [9.17, 15) is 18.0 Å². The molecule has 2 aliphatic heterocycles. The number of piperidine rings is 1. The Morgan fingerprint density at radius 3 is 2.40 bits per heavy atom. The molecule has 14 heteroatoms. The van der Waals surface area contributed by atoms with Gasteiger partial charge in [0.15, 0.2) is 23.2 Å². The number of hydrogen-bond acceptors (Lipinski definition) is 10. The van der Waals surface area contributed by atoms with Crippen LogP contribution in [0.5, 0.6) is 5.75 Å². The zero-order valence-electron chi connectivity index (χ0n) is 24.6. The molecule has 0 radical (unpaired) electrons. The molecule has 2 atom stereocenters. The zero-order valence-corrected chi connectivity index (χ0v) is 24.6. The van der Waals surface area contributed by atoms with Crippen molar-refractivity contribution >= 4 is 18.1 Å². The number of hydrogen-bond donors (Lipinski definition) is 1. The highest BCUT2D eigenvalue weighted by atomic mass is 19.2. The summed E-state index contributed by atoms with van der Waals surface area (Å²) >= 11 is 0. The van der Waals surface area contributed by atoms with Crippen LogP contribution in [0.15, 0.2) is 29.0 Å². The Hall–Kier alpha value is -4.10. The van der Waals surface area contributed by atoms with Crippen LogP contribution >= 0.6 is 0 Å². The highest BCUT2D eigenvalue weighted by Crippen LogP contribution is 2.33. The smallest absolute Gasteiger partial charge is 0.407 e. The van der Waals surface area contributed by atoms with Crippen molar-refractivity contribution in [2.75, 3.05) is 42.6 Å². The molecule has 1 N–H and O–H groups in total. The molecule has 2 fully saturated rings. The maximum Gasteiger partial charge on any atom is 0.407 e. The van der Waals surface area contributed by atoms with Crippen LogP contribution in [0.4, 0.5) is 29.9 Å². The molecule has 0 bridgehead atoms. The van der Waals surface area contributed by atoms with Gasteiger partial charge in [0.2, 0.25) is 5.95 Å². The Kier molecular flexibility index (Phi) is 8.92. The van der Waals surface area contributed by atoms with Gasteiger partial charge in [0.25, 0.3) is 0 Å².